The molecule has 0 N–H and O–H groups in total. The highest BCUT2D eigenvalue weighted by atomic mass is 127. The van der Waals surface area contributed by atoms with Crippen LogP contribution >= 0.6 is 22.6 Å². The van der Waals surface area contributed by atoms with E-state index in [9.17, 15) is 4.79 Å². The van der Waals surface area contributed by atoms with Crippen molar-refractivity contribution < 1.29 is 9.53 Å². The number of allylic oxidation sites excluding steroid dienone is 1. The van der Waals surface area contributed by atoms with Crippen LogP contribution in [0.2, 0.25) is 0 Å². The lowest BCUT2D eigenvalue weighted by Crippen LogP contribution is -2.06. The summed E-state index contributed by atoms with van der Waals surface area (Å²) in [5.41, 5.74) is 0. The van der Waals surface area contributed by atoms with Gasteiger partial charge in [-0.25, -0.2) is 4.79 Å². The average Bonchev–Trinajstić information content (AvgIpc) is 2.17. The van der Waals surface area contributed by atoms with Crippen LogP contribution in [0.1, 0.15) is 40.5 Å². The summed E-state index contributed by atoms with van der Waals surface area (Å²) in [4.78, 5) is 11.3. The molecule has 0 saturated heterocycles. The van der Waals surface area contributed by atoms with Crippen molar-refractivity contribution in [2.75, 3.05) is 6.61 Å². The van der Waals surface area contributed by atoms with Crippen molar-refractivity contribution in [1.82, 2.24) is 0 Å². The summed E-state index contributed by atoms with van der Waals surface area (Å²) in [5, 5.41) is 0. The van der Waals surface area contributed by atoms with Gasteiger partial charge in [0.1, 0.15) is 0 Å². The molecule has 0 heterocycles. The molecule has 0 aromatic heterocycles. The van der Waals surface area contributed by atoms with Crippen LogP contribution in [0, 0.1) is 11.8 Å². The molecule has 0 spiro atoms. The zero-order chi connectivity index (χ0) is 11.8. The van der Waals surface area contributed by atoms with Gasteiger partial charge in [-0.2, -0.15) is 0 Å². The van der Waals surface area contributed by atoms with Crippen LogP contribution in [0.5, 0.6) is 0 Å². The third kappa shape index (κ3) is 6.93. The van der Waals surface area contributed by atoms with E-state index in [2.05, 4.69) is 43.4 Å². The molecule has 0 aromatic carbocycles. The van der Waals surface area contributed by atoms with Gasteiger partial charge < -0.3 is 4.74 Å². The van der Waals surface area contributed by atoms with E-state index >= 15 is 0 Å². The molecular weight excluding hydrogens is 303 g/mol. The first-order valence-corrected chi connectivity index (χ1v) is 6.63. The number of halogens is 1. The molecule has 0 fully saturated rings. The molecule has 0 saturated carbocycles. The number of hydrogen-bond acceptors (Lipinski definition) is 2. The number of carbonyl (C=O) groups excluding carboxylic acids is 1. The first kappa shape index (κ1) is 14.9. The van der Waals surface area contributed by atoms with Gasteiger partial charge in [0, 0.05) is 0 Å². The molecule has 0 aliphatic heterocycles. The highest BCUT2D eigenvalue weighted by molar-refractivity contribution is 14.1. The van der Waals surface area contributed by atoms with Gasteiger partial charge in [0.15, 0.2) is 0 Å². The molecule has 0 rings (SSSR count). The Bertz CT molecular complexity index is 224. The lowest BCUT2D eigenvalue weighted by Gasteiger charge is -2.12. The van der Waals surface area contributed by atoms with E-state index in [-0.39, 0.29) is 5.97 Å². The maximum atomic E-state index is 11.3. The van der Waals surface area contributed by atoms with E-state index in [1.54, 1.807) is 0 Å². The predicted molar refractivity (Wildman–Crippen MR) is 72.0 cm³/mol. The third-order valence-corrected chi connectivity index (χ3v) is 3.17. The van der Waals surface area contributed by atoms with E-state index in [1.807, 2.05) is 13.0 Å². The Labute approximate surface area is 107 Å². The topological polar surface area (TPSA) is 26.3 Å². The molecule has 15 heavy (non-hydrogen) atoms. The average molecular weight is 324 g/mol. The van der Waals surface area contributed by atoms with Crippen molar-refractivity contribution in [2.45, 2.75) is 40.5 Å². The molecule has 0 aliphatic rings. The van der Waals surface area contributed by atoms with E-state index in [0.717, 1.165) is 6.42 Å². The lowest BCUT2D eigenvalue weighted by atomic mass is 9.95. The summed E-state index contributed by atoms with van der Waals surface area (Å²) in [7, 11) is 0. The van der Waals surface area contributed by atoms with Crippen molar-refractivity contribution in [2.24, 2.45) is 11.8 Å². The Hall–Kier alpha value is -0.0600. The van der Waals surface area contributed by atoms with Crippen LogP contribution in [-0.2, 0) is 9.53 Å². The van der Waals surface area contributed by atoms with Crippen LogP contribution in [-0.4, -0.2) is 12.6 Å². The van der Waals surface area contributed by atoms with Gasteiger partial charge in [0.05, 0.1) is 10.2 Å². The van der Waals surface area contributed by atoms with E-state index in [0.29, 0.717) is 22.0 Å². The maximum absolute atomic E-state index is 11.3. The molecule has 2 nitrogen and oxygen atoms in total. The second-order valence-corrected chi connectivity index (χ2v) is 5.12. The Kier molecular flexibility index (Phi) is 8.10. The van der Waals surface area contributed by atoms with Gasteiger partial charge in [-0.3, -0.25) is 0 Å². The molecule has 0 unspecified atom stereocenters. The molecule has 0 radical (unpaired) electrons. The second kappa shape index (κ2) is 8.13. The summed E-state index contributed by atoms with van der Waals surface area (Å²) in [5.74, 6) is 0.952. The van der Waals surface area contributed by atoms with Crippen LogP contribution < -0.4 is 0 Å². The fraction of sp³-hybridized carbons (Fsp3) is 0.750. The van der Waals surface area contributed by atoms with Crippen molar-refractivity contribution in [3.8, 4) is 0 Å². The van der Waals surface area contributed by atoms with Gasteiger partial charge in [0.25, 0.3) is 0 Å². The van der Waals surface area contributed by atoms with E-state index in [1.165, 1.54) is 6.42 Å². The van der Waals surface area contributed by atoms with Gasteiger partial charge in [0.2, 0.25) is 0 Å². The Morgan fingerprint density at radius 2 is 2.00 bits per heavy atom. The summed E-state index contributed by atoms with van der Waals surface area (Å²) >= 11 is 2.05. The monoisotopic (exact) mass is 324 g/mol. The van der Waals surface area contributed by atoms with Crippen molar-refractivity contribution >= 4 is 28.6 Å². The number of hydrogen-bond donors (Lipinski definition) is 0. The minimum atomic E-state index is -0.200. The highest BCUT2D eigenvalue weighted by Gasteiger charge is 2.10. The van der Waals surface area contributed by atoms with Crippen molar-refractivity contribution in [1.29, 1.82) is 0 Å². The summed E-state index contributed by atoms with van der Waals surface area (Å²) < 4.78 is 5.62. The first-order valence-electron chi connectivity index (χ1n) is 5.55. The second-order valence-electron chi connectivity index (χ2n) is 3.96. The van der Waals surface area contributed by atoms with E-state index < -0.39 is 0 Å². The summed E-state index contributed by atoms with van der Waals surface area (Å²) in [6, 6.07) is 0. The standard InChI is InChI=1S/C12H21IO2/c1-5-9(3)7-10(4)8-11(13)12(14)15-6-2/h8-10H,5-7H2,1-4H3/b11-8+/t9-,10+/m0/s1. The van der Waals surface area contributed by atoms with Crippen molar-refractivity contribution in [3.05, 3.63) is 9.66 Å². The Balaban J connectivity index is 4.16. The molecule has 0 aromatic rings. The maximum Gasteiger partial charge on any atom is 0.344 e. The first-order chi connectivity index (χ1) is 7.01. The molecule has 0 aliphatic carbocycles. The van der Waals surface area contributed by atoms with Gasteiger partial charge in [-0.15, -0.1) is 0 Å². The van der Waals surface area contributed by atoms with Gasteiger partial charge in [-0.05, 0) is 47.8 Å². The zero-order valence-corrected chi connectivity index (χ0v) is 12.2. The zero-order valence-electron chi connectivity index (χ0n) is 10.0. The molecule has 0 bridgehead atoms. The number of rotatable bonds is 6. The lowest BCUT2D eigenvalue weighted by molar-refractivity contribution is -0.137. The fourth-order valence-corrected chi connectivity index (χ4v) is 2.16. The normalized spacial score (nSPS) is 15.9. The van der Waals surface area contributed by atoms with Gasteiger partial charge >= 0.3 is 5.97 Å². The third-order valence-electron chi connectivity index (χ3n) is 2.37. The van der Waals surface area contributed by atoms with Crippen LogP contribution in [0.15, 0.2) is 9.66 Å². The Morgan fingerprint density at radius 3 is 2.47 bits per heavy atom. The number of carbonyl (C=O) groups is 1. The van der Waals surface area contributed by atoms with Crippen LogP contribution in [0.3, 0.4) is 0 Å². The van der Waals surface area contributed by atoms with Crippen LogP contribution in [0.25, 0.3) is 0 Å². The molecule has 2 atom stereocenters. The molecule has 88 valence electrons. The largest absolute Gasteiger partial charge is 0.462 e. The molecular formula is C12H21IO2. The minimum Gasteiger partial charge on any atom is -0.462 e. The smallest absolute Gasteiger partial charge is 0.344 e. The quantitative estimate of drug-likeness (QED) is 0.420. The molecule has 0 amide bonds. The fourth-order valence-electron chi connectivity index (χ4n) is 1.39. The molecule has 3 heteroatoms. The number of ether oxygens (including phenoxy) is 1. The van der Waals surface area contributed by atoms with Crippen molar-refractivity contribution in [3.63, 3.8) is 0 Å². The minimum absolute atomic E-state index is 0.200. The van der Waals surface area contributed by atoms with Gasteiger partial charge in [-0.1, -0.05) is 33.3 Å². The van der Waals surface area contributed by atoms with E-state index in [4.69, 9.17) is 4.74 Å². The highest BCUT2D eigenvalue weighted by Crippen LogP contribution is 2.19. The SMILES string of the molecule is CCOC(=O)/C(I)=C\[C@H](C)C[C@@H](C)CC. The van der Waals surface area contributed by atoms with Crippen LogP contribution in [0.4, 0.5) is 0 Å². The summed E-state index contributed by atoms with van der Waals surface area (Å²) in [6.07, 6.45) is 4.32. The Morgan fingerprint density at radius 1 is 1.40 bits per heavy atom. The number of esters is 1. The predicted octanol–water partition coefficient (Wildman–Crippen LogP) is 3.94. The summed E-state index contributed by atoms with van der Waals surface area (Å²) in [6.45, 7) is 8.84.